The van der Waals surface area contributed by atoms with E-state index < -0.39 is 0 Å². The third-order valence-electron chi connectivity index (χ3n) is 2.86. The van der Waals surface area contributed by atoms with Gasteiger partial charge in [0.05, 0.1) is 6.04 Å². The Morgan fingerprint density at radius 2 is 2.33 bits per heavy atom. The summed E-state index contributed by atoms with van der Waals surface area (Å²) in [5.41, 5.74) is 7.77. The average Bonchev–Trinajstić information content (AvgIpc) is 2.90. The van der Waals surface area contributed by atoms with Gasteiger partial charge in [-0.15, -0.1) is 0 Å². The van der Waals surface area contributed by atoms with E-state index in [1.165, 1.54) is 0 Å². The lowest BCUT2D eigenvalue weighted by Crippen LogP contribution is -2.25. The summed E-state index contributed by atoms with van der Waals surface area (Å²) in [4.78, 5) is 11.6. The molecule has 0 amide bonds. The molecule has 1 atom stereocenters. The van der Waals surface area contributed by atoms with Gasteiger partial charge in [0.2, 0.25) is 0 Å². The molecule has 18 heavy (non-hydrogen) atoms. The maximum Gasteiger partial charge on any atom is 0.123 e. The van der Waals surface area contributed by atoms with Gasteiger partial charge in [-0.25, -0.2) is 4.98 Å². The molecule has 4 N–H and O–H groups in total. The summed E-state index contributed by atoms with van der Waals surface area (Å²) in [6, 6.07) is 1.97. The van der Waals surface area contributed by atoms with Gasteiger partial charge < -0.3 is 16.0 Å². The molecule has 0 bridgehead atoms. The van der Waals surface area contributed by atoms with Crippen LogP contribution >= 0.6 is 0 Å². The van der Waals surface area contributed by atoms with Crippen LogP contribution in [0.25, 0.3) is 0 Å². The predicted octanol–water partition coefficient (Wildman–Crippen LogP) is 1.67. The van der Waals surface area contributed by atoms with Gasteiger partial charge >= 0.3 is 0 Å². The van der Waals surface area contributed by atoms with E-state index in [9.17, 15) is 0 Å². The standard InChI is InChI=1S/C13H19N5/c1-2-4-16-12(13-17-6-7-18-13)8-10-9-15-5-3-11(10)14/h3,5-7,9,12,16H,2,4,8H2,1H3,(H2,14,15)(H,17,18). The van der Waals surface area contributed by atoms with E-state index in [1.54, 1.807) is 12.4 Å². The second-order valence-corrected chi connectivity index (χ2v) is 4.26. The highest BCUT2D eigenvalue weighted by molar-refractivity contribution is 5.44. The van der Waals surface area contributed by atoms with Gasteiger partial charge in [0.25, 0.3) is 0 Å². The van der Waals surface area contributed by atoms with E-state index in [-0.39, 0.29) is 6.04 Å². The summed E-state index contributed by atoms with van der Waals surface area (Å²) in [6.07, 6.45) is 9.00. The van der Waals surface area contributed by atoms with Gasteiger partial charge in [-0.05, 0) is 31.0 Å². The van der Waals surface area contributed by atoms with Gasteiger partial charge in [0.1, 0.15) is 5.82 Å². The number of aromatic amines is 1. The number of aromatic nitrogens is 3. The number of nitrogens with two attached hydrogens (primary N) is 1. The Labute approximate surface area is 107 Å². The Hall–Kier alpha value is -1.88. The molecule has 0 aromatic carbocycles. The summed E-state index contributed by atoms with van der Waals surface area (Å²) >= 11 is 0. The van der Waals surface area contributed by atoms with Crippen molar-refractivity contribution in [2.75, 3.05) is 12.3 Å². The number of nitrogens with zero attached hydrogens (tertiary/aromatic N) is 2. The van der Waals surface area contributed by atoms with Crippen molar-refractivity contribution in [2.24, 2.45) is 0 Å². The van der Waals surface area contributed by atoms with Crippen molar-refractivity contribution >= 4 is 5.69 Å². The SMILES string of the molecule is CCCNC(Cc1cnccc1N)c1ncc[nH]1. The molecule has 1 unspecified atom stereocenters. The Morgan fingerprint density at radius 1 is 1.44 bits per heavy atom. The van der Waals surface area contributed by atoms with Gasteiger partial charge in [-0.2, -0.15) is 0 Å². The van der Waals surface area contributed by atoms with Crippen LogP contribution in [0.1, 0.15) is 30.8 Å². The minimum atomic E-state index is 0.145. The second kappa shape index (κ2) is 6.16. The number of hydrogen-bond acceptors (Lipinski definition) is 4. The van der Waals surface area contributed by atoms with Crippen LogP contribution in [-0.4, -0.2) is 21.5 Å². The minimum Gasteiger partial charge on any atom is -0.398 e. The highest BCUT2D eigenvalue weighted by Crippen LogP contribution is 2.18. The molecule has 0 aliphatic rings. The summed E-state index contributed by atoms with van der Waals surface area (Å²) in [6.45, 7) is 3.09. The van der Waals surface area contributed by atoms with Crippen LogP contribution in [-0.2, 0) is 6.42 Å². The zero-order valence-electron chi connectivity index (χ0n) is 10.6. The molecule has 5 heteroatoms. The monoisotopic (exact) mass is 245 g/mol. The molecule has 0 aliphatic heterocycles. The van der Waals surface area contributed by atoms with Crippen LogP contribution in [0.15, 0.2) is 30.9 Å². The largest absolute Gasteiger partial charge is 0.398 e. The van der Waals surface area contributed by atoms with Crippen LogP contribution in [0.4, 0.5) is 5.69 Å². The number of rotatable bonds is 6. The van der Waals surface area contributed by atoms with Crippen LogP contribution < -0.4 is 11.1 Å². The normalized spacial score (nSPS) is 12.5. The lowest BCUT2D eigenvalue weighted by molar-refractivity contribution is 0.508. The molecule has 0 saturated heterocycles. The molecule has 0 saturated carbocycles. The first kappa shape index (κ1) is 12.6. The fourth-order valence-corrected chi connectivity index (χ4v) is 1.88. The Balaban J connectivity index is 2.13. The Kier molecular flexibility index (Phi) is 4.30. The van der Waals surface area contributed by atoms with E-state index in [0.29, 0.717) is 0 Å². The summed E-state index contributed by atoms with van der Waals surface area (Å²) in [5.74, 6) is 0.937. The maximum atomic E-state index is 5.95. The summed E-state index contributed by atoms with van der Waals surface area (Å²) < 4.78 is 0. The molecule has 0 spiro atoms. The van der Waals surface area contributed by atoms with E-state index in [4.69, 9.17) is 5.73 Å². The number of nitrogens with one attached hydrogen (secondary N) is 2. The number of H-pyrrole nitrogens is 1. The number of nitrogen functional groups attached to an aromatic ring is 1. The van der Waals surface area contributed by atoms with Crippen LogP contribution in [0.5, 0.6) is 0 Å². The van der Waals surface area contributed by atoms with Gasteiger partial charge in [0, 0.05) is 30.5 Å². The zero-order chi connectivity index (χ0) is 12.8. The molecule has 0 fully saturated rings. The third kappa shape index (κ3) is 3.07. The molecule has 2 aromatic heterocycles. The van der Waals surface area contributed by atoms with Gasteiger partial charge in [-0.3, -0.25) is 4.98 Å². The molecule has 96 valence electrons. The van der Waals surface area contributed by atoms with E-state index in [2.05, 4.69) is 27.2 Å². The van der Waals surface area contributed by atoms with Gasteiger partial charge in [-0.1, -0.05) is 6.92 Å². The molecule has 2 rings (SSSR count). The fraction of sp³-hybridized carbons (Fsp3) is 0.385. The molecule has 0 aliphatic carbocycles. The van der Waals surface area contributed by atoms with E-state index in [1.807, 2.05) is 18.5 Å². The Morgan fingerprint density at radius 3 is 3.00 bits per heavy atom. The molecular formula is C13H19N5. The van der Waals surface area contributed by atoms with E-state index >= 15 is 0 Å². The highest BCUT2D eigenvalue weighted by atomic mass is 15.0. The maximum absolute atomic E-state index is 5.95. The summed E-state index contributed by atoms with van der Waals surface area (Å²) in [7, 11) is 0. The first-order valence-electron chi connectivity index (χ1n) is 6.22. The third-order valence-corrected chi connectivity index (χ3v) is 2.86. The predicted molar refractivity (Wildman–Crippen MR) is 72.0 cm³/mol. The van der Waals surface area contributed by atoms with Crippen LogP contribution in [0.3, 0.4) is 0 Å². The van der Waals surface area contributed by atoms with Crippen LogP contribution in [0, 0.1) is 0 Å². The van der Waals surface area contributed by atoms with Crippen molar-refractivity contribution in [1.29, 1.82) is 0 Å². The van der Waals surface area contributed by atoms with Crippen molar-refractivity contribution < 1.29 is 0 Å². The zero-order valence-corrected chi connectivity index (χ0v) is 10.6. The van der Waals surface area contributed by atoms with Gasteiger partial charge in [0.15, 0.2) is 0 Å². The van der Waals surface area contributed by atoms with Crippen molar-refractivity contribution in [2.45, 2.75) is 25.8 Å². The first-order valence-corrected chi connectivity index (χ1v) is 6.22. The number of hydrogen-bond donors (Lipinski definition) is 3. The first-order chi connectivity index (χ1) is 8.81. The van der Waals surface area contributed by atoms with Crippen molar-refractivity contribution in [1.82, 2.24) is 20.3 Å². The van der Waals surface area contributed by atoms with E-state index in [0.717, 1.165) is 36.5 Å². The molecule has 2 heterocycles. The number of anilines is 1. The van der Waals surface area contributed by atoms with Crippen molar-refractivity contribution in [3.63, 3.8) is 0 Å². The summed E-state index contributed by atoms with van der Waals surface area (Å²) in [5, 5.41) is 3.47. The average molecular weight is 245 g/mol. The van der Waals surface area contributed by atoms with Crippen molar-refractivity contribution in [3.8, 4) is 0 Å². The molecule has 0 radical (unpaired) electrons. The minimum absolute atomic E-state index is 0.145. The highest BCUT2D eigenvalue weighted by Gasteiger charge is 2.15. The number of imidazole rings is 1. The molecule has 2 aromatic rings. The second-order valence-electron chi connectivity index (χ2n) is 4.26. The van der Waals surface area contributed by atoms with Crippen molar-refractivity contribution in [3.05, 3.63) is 42.2 Å². The molecular weight excluding hydrogens is 226 g/mol. The lowest BCUT2D eigenvalue weighted by Gasteiger charge is -2.17. The quantitative estimate of drug-likeness (QED) is 0.723. The lowest BCUT2D eigenvalue weighted by atomic mass is 10.1. The molecule has 5 nitrogen and oxygen atoms in total. The topological polar surface area (TPSA) is 79.6 Å². The number of pyridine rings is 1. The van der Waals surface area contributed by atoms with Crippen LogP contribution in [0.2, 0.25) is 0 Å². The smallest absolute Gasteiger partial charge is 0.123 e. The Bertz CT molecular complexity index is 466. The fourth-order valence-electron chi connectivity index (χ4n) is 1.88.